The maximum absolute atomic E-state index is 6.26. The molecule has 0 amide bonds. The molecule has 0 radical (unpaired) electrons. The van der Waals surface area contributed by atoms with E-state index >= 15 is 0 Å². The molecule has 0 atom stereocenters. The maximum Gasteiger partial charge on any atom is 0.164 e. The number of furan rings is 1. The maximum atomic E-state index is 6.26. The van der Waals surface area contributed by atoms with Gasteiger partial charge < -0.3 is 4.42 Å². The lowest BCUT2D eigenvalue weighted by atomic mass is 9.92. The monoisotopic (exact) mass is 631 g/mol. The van der Waals surface area contributed by atoms with Crippen molar-refractivity contribution < 1.29 is 4.42 Å². The summed E-state index contributed by atoms with van der Waals surface area (Å²) in [5.74, 6) is 1.95. The van der Waals surface area contributed by atoms with Crippen LogP contribution in [0.15, 0.2) is 156 Å². The Morgan fingerprint density at radius 3 is 1.79 bits per heavy atom. The van der Waals surface area contributed by atoms with Crippen LogP contribution in [0.2, 0.25) is 0 Å². The molecule has 0 fully saturated rings. The summed E-state index contributed by atoms with van der Waals surface area (Å²) in [6, 6.07) is 52.6. The minimum absolute atomic E-state index is 0.644. The van der Waals surface area contributed by atoms with E-state index in [-0.39, 0.29) is 0 Å². The molecule has 0 bridgehead atoms. The van der Waals surface area contributed by atoms with Gasteiger partial charge >= 0.3 is 0 Å². The fourth-order valence-corrected chi connectivity index (χ4v) is 8.15. The van der Waals surface area contributed by atoms with Crippen LogP contribution in [0.1, 0.15) is 0 Å². The number of para-hydroxylation sites is 1. The summed E-state index contributed by atoms with van der Waals surface area (Å²) in [4.78, 5) is 15.5. The highest BCUT2D eigenvalue weighted by atomic mass is 32.1. The molecular weight excluding hydrogens is 607 g/mol. The Hall–Kier alpha value is -6.17. The van der Waals surface area contributed by atoms with Gasteiger partial charge in [0.1, 0.15) is 11.2 Å². The summed E-state index contributed by atoms with van der Waals surface area (Å²) in [7, 11) is 0. The van der Waals surface area contributed by atoms with Gasteiger partial charge in [-0.25, -0.2) is 15.0 Å². The van der Waals surface area contributed by atoms with Crippen molar-refractivity contribution in [2.75, 3.05) is 0 Å². The standard InChI is InChI=1S/C43H25N3OS/c1-2-12-26(13-3-1)41-44-42(46-43(45-41)34-19-11-23-38-40(34)33-17-7-9-22-37(33)48-38)31-25-24-29(27-14-4-5-15-28(27)31)30-18-10-21-36-39(30)32-16-6-8-20-35(32)47-36/h1-25H. The average Bonchev–Trinajstić information content (AvgIpc) is 3.73. The SMILES string of the molecule is c1ccc(-c2nc(-c3ccc(-c4cccc5oc6ccccc6c45)c4ccccc34)nc(-c3cccc4sc5ccccc5c34)n2)cc1. The molecule has 224 valence electrons. The van der Waals surface area contributed by atoms with Gasteiger partial charge in [0.15, 0.2) is 17.5 Å². The van der Waals surface area contributed by atoms with Crippen LogP contribution < -0.4 is 0 Å². The van der Waals surface area contributed by atoms with E-state index < -0.39 is 0 Å². The van der Waals surface area contributed by atoms with Gasteiger partial charge in [0.25, 0.3) is 0 Å². The lowest BCUT2D eigenvalue weighted by Gasteiger charge is -2.14. The highest BCUT2D eigenvalue weighted by Crippen LogP contribution is 2.43. The highest BCUT2D eigenvalue weighted by Gasteiger charge is 2.20. The number of aromatic nitrogens is 3. The zero-order valence-electron chi connectivity index (χ0n) is 25.6. The van der Waals surface area contributed by atoms with Crippen molar-refractivity contribution in [2.45, 2.75) is 0 Å². The molecule has 0 aliphatic rings. The topological polar surface area (TPSA) is 51.8 Å². The van der Waals surface area contributed by atoms with Gasteiger partial charge in [-0.1, -0.05) is 121 Å². The normalized spacial score (nSPS) is 11.8. The quantitative estimate of drug-likeness (QED) is 0.194. The molecule has 10 aromatic rings. The summed E-state index contributed by atoms with van der Waals surface area (Å²) in [6.07, 6.45) is 0. The fraction of sp³-hybridized carbons (Fsp3) is 0. The molecule has 0 saturated carbocycles. The van der Waals surface area contributed by atoms with E-state index in [0.717, 1.165) is 60.5 Å². The number of rotatable bonds is 4. The number of hydrogen-bond donors (Lipinski definition) is 0. The Morgan fingerprint density at radius 2 is 0.938 bits per heavy atom. The first-order valence-corrected chi connectivity index (χ1v) is 16.8. The van der Waals surface area contributed by atoms with Crippen LogP contribution >= 0.6 is 11.3 Å². The lowest BCUT2D eigenvalue weighted by Crippen LogP contribution is -2.01. The molecule has 0 saturated heterocycles. The molecule has 0 N–H and O–H groups in total. The Bertz CT molecular complexity index is 2850. The van der Waals surface area contributed by atoms with E-state index in [9.17, 15) is 0 Å². The zero-order valence-corrected chi connectivity index (χ0v) is 26.4. The largest absolute Gasteiger partial charge is 0.456 e. The van der Waals surface area contributed by atoms with E-state index in [2.05, 4.69) is 115 Å². The van der Waals surface area contributed by atoms with Gasteiger partial charge in [-0.3, -0.25) is 0 Å². The van der Waals surface area contributed by atoms with Gasteiger partial charge in [-0.2, -0.15) is 0 Å². The third kappa shape index (κ3) is 4.18. The summed E-state index contributed by atoms with van der Waals surface area (Å²) >= 11 is 1.80. The number of nitrogens with zero attached hydrogens (tertiary/aromatic N) is 3. The first-order valence-electron chi connectivity index (χ1n) is 15.9. The fourth-order valence-electron chi connectivity index (χ4n) is 7.02. The number of benzene rings is 7. The van der Waals surface area contributed by atoms with Crippen molar-refractivity contribution >= 4 is 64.2 Å². The number of thiophene rings is 1. The van der Waals surface area contributed by atoms with E-state index in [1.54, 1.807) is 11.3 Å². The Morgan fingerprint density at radius 1 is 0.354 bits per heavy atom. The van der Waals surface area contributed by atoms with Gasteiger partial charge in [0, 0.05) is 47.6 Å². The van der Waals surface area contributed by atoms with Crippen LogP contribution in [-0.4, -0.2) is 15.0 Å². The molecule has 0 aliphatic heterocycles. The third-order valence-corrected chi connectivity index (χ3v) is 10.3. The van der Waals surface area contributed by atoms with Crippen molar-refractivity contribution in [1.82, 2.24) is 15.0 Å². The summed E-state index contributed by atoms with van der Waals surface area (Å²) < 4.78 is 8.72. The smallest absolute Gasteiger partial charge is 0.164 e. The summed E-state index contributed by atoms with van der Waals surface area (Å²) in [5, 5.41) is 6.83. The van der Waals surface area contributed by atoms with Crippen molar-refractivity contribution in [1.29, 1.82) is 0 Å². The summed E-state index contributed by atoms with van der Waals surface area (Å²) in [5.41, 5.74) is 6.96. The molecule has 5 heteroatoms. The van der Waals surface area contributed by atoms with Crippen molar-refractivity contribution in [3.05, 3.63) is 152 Å². The first-order chi connectivity index (χ1) is 23.8. The van der Waals surface area contributed by atoms with Crippen LogP contribution in [-0.2, 0) is 0 Å². The minimum Gasteiger partial charge on any atom is -0.456 e. The average molecular weight is 632 g/mol. The van der Waals surface area contributed by atoms with Crippen molar-refractivity contribution in [2.24, 2.45) is 0 Å². The molecule has 7 aromatic carbocycles. The van der Waals surface area contributed by atoms with E-state index in [0.29, 0.717) is 17.5 Å². The predicted octanol–water partition coefficient (Wildman–Crippen LogP) is 12.0. The van der Waals surface area contributed by atoms with Crippen LogP contribution in [0.4, 0.5) is 0 Å². The van der Waals surface area contributed by atoms with Crippen LogP contribution in [0.5, 0.6) is 0 Å². The zero-order chi connectivity index (χ0) is 31.6. The highest BCUT2D eigenvalue weighted by molar-refractivity contribution is 7.25. The van der Waals surface area contributed by atoms with Crippen LogP contribution in [0, 0.1) is 0 Å². The van der Waals surface area contributed by atoms with Gasteiger partial charge in [-0.15, -0.1) is 11.3 Å². The number of fused-ring (bicyclic) bond motifs is 7. The minimum atomic E-state index is 0.644. The molecule has 10 rings (SSSR count). The lowest BCUT2D eigenvalue weighted by molar-refractivity contribution is 0.669. The molecule has 0 spiro atoms. The molecule has 48 heavy (non-hydrogen) atoms. The van der Waals surface area contributed by atoms with Gasteiger partial charge in [0.2, 0.25) is 0 Å². The molecule has 0 unspecified atom stereocenters. The predicted molar refractivity (Wildman–Crippen MR) is 199 cm³/mol. The first kappa shape index (κ1) is 27.0. The Labute approximate surface area is 279 Å². The molecule has 0 aliphatic carbocycles. The second-order valence-corrected chi connectivity index (χ2v) is 13.0. The van der Waals surface area contributed by atoms with Gasteiger partial charge in [0.05, 0.1) is 0 Å². The van der Waals surface area contributed by atoms with E-state index in [4.69, 9.17) is 19.4 Å². The second kappa shape index (κ2) is 10.7. The molecule has 3 aromatic heterocycles. The second-order valence-electron chi connectivity index (χ2n) is 11.9. The molecule has 4 nitrogen and oxygen atoms in total. The number of hydrogen-bond acceptors (Lipinski definition) is 5. The Kier molecular flexibility index (Phi) is 6.01. The summed E-state index contributed by atoms with van der Waals surface area (Å²) in [6.45, 7) is 0. The molecular formula is C43H25N3OS. The van der Waals surface area contributed by atoms with Crippen molar-refractivity contribution in [3.63, 3.8) is 0 Å². The van der Waals surface area contributed by atoms with E-state index in [1.165, 1.54) is 20.2 Å². The third-order valence-electron chi connectivity index (χ3n) is 9.17. The van der Waals surface area contributed by atoms with E-state index in [1.807, 2.05) is 36.4 Å². The van der Waals surface area contributed by atoms with Crippen LogP contribution in [0.3, 0.4) is 0 Å². The van der Waals surface area contributed by atoms with Crippen molar-refractivity contribution in [3.8, 4) is 45.3 Å². The Balaban J connectivity index is 1.23. The molecule has 3 heterocycles. The van der Waals surface area contributed by atoms with Crippen LogP contribution in [0.25, 0.3) is 98.2 Å². The van der Waals surface area contributed by atoms with Gasteiger partial charge in [-0.05, 0) is 52.2 Å².